The van der Waals surface area contributed by atoms with Gasteiger partial charge in [-0.15, -0.1) is 0 Å². The van der Waals surface area contributed by atoms with Gasteiger partial charge in [0.1, 0.15) is 11.3 Å². The molecule has 3 aromatic rings. The van der Waals surface area contributed by atoms with E-state index in [1.54, 1.807) is 13.2 Å². The van der Waals surface area contributed by atoms with Crippen LogP contribution in [0.2, 0.25) is 15.1 Å². The van der Waals surface area contributed by atoms with Crippen LogP contribution in [-0.2, 0) is 16.0 Å². The van der Waals surface area contributed by atoms with Crippen LogP contribution in [0.3, 0.4) is 0 Å². The standard InChI is InChI=1S/C25H16Cl3IN2O4/c1-35-22-10-13(9-21(29)16(22)11-14-4-2-3-5-18(14)26)8-17-23(32)30-25(34)31(24(17)33)15-6-7-19(27)20(28)12-15/h2-10,12H,11H2,1H3,(H,30,32,34)/b17-8+. The van der Waals surface area contributed by atoms with E-state index in [4.69, 9.17) is 39.5 Å². The van der Waals surface area contributed by atoms with Crippen LogP contribution in [0.1, 0.15) is 16.7 Å². The molecule has 0 spiro atoms. The summed E-state index contributed by atoms with van der Waals surface area (Å²) in [5.41, 5.74) is 2.37. The summed E-state index contributed by atoms with van der Waals surface area (Å²) in [5, 5.41) is 3.27. The van der Waals surface area contributed by atoms with Gasteiger partial charge in [0.05, 0.1) is 22.8 Å². The number of carbonyl (C=O) groups is 3. The predicted molar refractivity (Wildman–Crippen MR) is 145 cm³/mol. The summed E-state index contributed by atoms with van der Waals surface area (Å²) in [6.07, 6.45) is 1.95. The monoisotopic (exact) mass is 640 g/mol. The molecule has 10 heteroatoms. The Labute approximate surface area is 229 Å². The predicted octanol–water partition coefficient (Wildman–Crippen LogP) is 6.52. The summed E-state index contributed by atoms with van der Waals surface area (Å²) in [6.45, 7) is 0. The van der Waals surface area contributed by atoms with Crippen LogP contribution in [0.25, 0.3) is 6.08 Å². The zero-order valence-corrected chi connectivity index (χ0v) is 22.5. The van der Waals surface area contributed by atoms with Crippen molar-refractivity contribution in [3.05, 3.63) is 95.5 Å². The number of hydrogen-bond acceptors (Lipinski definition) is 4. The Morgan fingerprint density at radius 2 is 1.71 bits per heavy atom. The van der Waals surface area contributed by atoms with Gasteiger partial charge in [0.25, 0.3) is 11.8 Å². The number of hydrogen-bond donors (Lipinski definition) is 1. The van der Waals surface area contributed by atoms with Crippen molar-refractivity contribution in [1.82, 2.24) is 5.32 Å². The Hall–Kier alpha value is -2.59. The van der Waals surface area contributed by atoms with Crippen molar-refractivity contribution in [1.29, 1.82) is 0 Å². The largest absolute Gasteiger partial charge is 0.496 e. The highest BCUT2D eigenvalue weighted by Crippen LogP contribution is 2.33. The fraction of sp³-hybridized carbons (Fsp3) is 0.0800. The minimum absolute atomic E-state index is 0.167. The molecule has 4 amide bonds. The number of rotatable bonds is 5. The van der Waals surface area contributed by atoms with Gasteiger partial charge in [-0.2, -0.15) is 0 Å². The Balaban J connectivity index is 1.72. The zero-order chi connectivity index (χ0) is 25.3. The number of ether oxygens (including phenoxy) is 1. The molecule has 3 aromatic carbocycles. The molecule has 0 aromatic heterocycles. The molecule has 178 valence electrons. The number of barbiturate groups is 1. The first-order valence-electron chi connectivity index (χ1n) is 10.2. The van der Waals surface area contributed by atoms with E-state index in [-0.39, 0.29) is 21.3 Å². The number of urea groups is 1. The number of imide groups is 2. The zero-order valence-electron chi connectivity index (χ0n) is 18.1. The number of anilines is 1. The summed E-state index contributed by atoms with van der Waals surface area (Å²) in [6, 6.07) is 14.5. The fourth-order valence-corrected chi connectivity index (χ4v) is 4.89. The van der Waals surface area contributed by atoms with Crippen LogP contribution >= 0.6 is 57.4 Å². The van der Waals surface area contributed by atoms with Crippen molar-refractivity contribution in [3.8, 4) is 5.75 Å². The van der Waals surface area contributed by atoms with E-state index in [0.29, 0.717) is 22.8 Å². The molecular formula is C25H16Cl3IN2O4. The molecule has 1 aliphatic heterocycles. The van der Waals surface area contributed by atoms with E-state index in [0.717, 1.165) is 19.6 Å². The number of carbonyl (C=O) groups excluding carboxylic acids is 3. The van der Waals surface area contributed by atoms with Crippen molar-refractivity contribution < 1.29 is 19.1 Å². The van der Waals surface area contributed by atoms with Crippen LogP contribution in [0.4, 0.5) is 10.5 Å². The van der Waals surface area contributed by atoms with Gasteiger partial charge in [-0.3, -0.25) is 14.9 Å². The topological polar surface area (TPSA) is 75.7 Å². The average Bonchev–Trinajstić information content (AvgIpc) is 2.81. The smallest absolute Gasteiger partial charge is 0.335 e. The van der Waals surface area contributed by atoms with Crippen LogP contribution in [0.5, 0.6) is 5.75 Å². The fourth-order valence-electron chi connectivity index (χ4n) is 3.58. The minimum Gasteiger partial charge on any atom is -0.496 e. The number of halogens is 4. The van der Waals surface area contributed by atoms with E-state index < -0.39 is 17.8 Å². The molecule has 4 rings (SSSR count). The van der Waals surface area contributed by atoms with Gasteiger partial charge in [-0.1, -0.05) is 53.0 Å². The summed E-state index contributed by atoms with van der Waals surface area (Å²) < 4.78 is 6.46. The summed E-state index contributed by atoms with van der Waals surface area (Å²) in [5.74, 6) is -1.01. The normalized spacial score (nSPS) is 14.9. The highest BCUT2D eigenvalue weighted by Gasteiger charge is 2.37. The Kier molecular flexibility index (Phi) is 7.70. The van der Waals surface area contributed by atoms with Crippen LogP contribution in [0, 0.1) is 3.57 Å². The summed E-state index contributed by atoms with van der Waals surface area (Å²) >= 11 is 20.5. The molecule has 1 N–H and O–H groups in total. The third-order valence-electron chi connectivity index (χ3n) is 5.30. The van der Waals surface area contributed by atoms with E-state index >= 15 is 0 Å². The van der Waals surface area contributed by atoms with Crippen molar-refractivity contribution in [2.45, 2.75) is 6.42 Å². The van der Waals surface area contributed by atoms with Gasteiger partial charge in [0.15, 0.2) is 0 Å². The molecule has 0 bridgehead atoms. The molecule has 35 heavy (non-hydrogen) atoms. The minimum atomic E-state index is -0.877. The molecule has 1 heterocycles. The lowest BCUT2D eigenvalue weighted by atomic mass is 10.0. The molecule has 1 saturated heterocycles. The van der Waals surface area contributed by atoms with Crippen molar-refractivity contribution in [2.24, 2.45) is 0 Å². The highest BCUT2D eigenvalue weighted by molar-refractivity contribution is 14.1. The molecule has 1 fully saturated rings. The Morgan fingerprint density at radius 1 is 0.971 bits per heavy atom. The lowest BCUT2D eigenvalue weighted by Gasteiger charge is -2.26. The summed E-state index contributed by atoms with van der Waals surface area (Å²) in [4.78, 5) is 39.0. The number of amides is 4. The van der Waals surface area contributed by atoms with Gasteiger partial charge in [0.2, 0.25) is 0 Å². The second-order valence-corrected chi connectivity index (χ2v) is 9.89. The van der Waals surface area contributed by atoms with Gasteiger partial charge >= 0.3 is 6.03 Å². The van der Waals surface area contributed by atoms with Crippen LogP contribution in [-0.4, -0.2) is 25.0 Å². The van der Waals surface area contributed by atoms with Gasteiger partial charge in [-0.25, -0.2) is 9.69 Å². The Morgan fingerprint density at radius 3 is 2.40 bits per heavy atom. The molecule has 1 aliphatic rings. The summed E-state index contributed by atoms with van der Waals surface area (Å²) in [7, 11) is 1.54. The third kappa shape index (κ3) is 5.33. The second kappa shape index (κ2) is 10.6. The number of nitrogens with one attached hydrogen (secondary N) is 1. The van der Waals surface area contributed by atoms with Crippen molar-refractivity contribution in [3.63, 3.8) is 0 Å². The molecular weight excluding hydrogens is 626 g/mol. The first kappa shape index (κ1) is 25.5. The van der Waals surface area contributed by atoms with E-state index in [1.807, 2.05) is 30.3 Å². The van der Waals surface area contributed by atoms with Crippen molar-refractivity contribution >= 4 is 87.0 Å². The second-order valence-electron chi connectivity index (χ2n) is 7.51. The maximum Gasteiger partial charge on any atom is 0.335 e. The van der Waals surface area contributed by atoms with E-state index in [1.165, 1.54) is 24.3 Å². The number of benzene rings is 3. The third-order valence-corrected chi connectivity index (χ3v) is 7.37. The van der Waals surface area contributed by atoms with E-state index in [9.17, 15) is 14.4 Å². The molecule has 0 saturated carbocycles. The van der Waals surface area contributed by atoms with E-state index in [2.05, 4.69) is 27.9 Å². The first-order valence-corrected chi connectivity index (χ1v) is 12.4. The molecule has 0 aliphatic carbocycles. The van der Waals surface area contributed by atoms with Crippen molar-refractivity contribution in [2.75, 3.05) is 12.0 Å². The van der Waals surface area contributed by atoms with Gasteiger partial charge < -0.3 is 4.74 Å². The number of nitrogens with zero attached hydrogens (tertiary/aromatic N) is 1. The number of methoxy groups -OCH3 is 1. The van der Waals surface area contributed by atoms with Gasteiger partial charge in [-0.05, 0) is 76.2 Å². The molecule has 6 nitrogen and oxygen atoms in total. The molecule has 0 radical (unpaired) electrons. The lowest BCUT2D eigenvalue weighted by molar-refractivity contribution is -0.122. The molecule has 0 unspecified atom stereocenters. The first-order chi connectivity index (χ1) is 16.7. The Bertz CT molecular complexity index is 1410. The lowest BCUT2D eigenvalue weighted by Crippen LogP contribution is -2.54. The SMILES string of the molecule is COc1cc(/C=C2\C(=O)NC(=O)N(c3ccc(Cl)c(Cl)c3)C2=O)cc(I)c1Cc1ccccc1Cl. The van der Waals surface area contributed by atoms with Gasteiger partial charge in [0, 0.05) is 20.6 Å². The molecule has 0 atom stereocenters. The quantitative estimate of drug-likeness (QED) is 0.196. The highest BCUT2D eigenvalue weighted by atomic mass is 127. The maximum atomic E-state index is 13.2. The van der Waals surface area contributed by atoms with Crippen LogP contribution < -0.4 is 15.0 Å². The average molecular weight is 642 g/mol. The van der Waals surface area contributed by atoms with Crippen LogP contribution in [0.15, 0.2) is 60.2 Å². The maximum absolute atomic E-state index is 13.2.